The van der Waals surface area contributed by atoms with Crippen molar-refractivity contribution >= 4 is 51.0 Å². The molecule has 2 aliphatic rings. The van der Waals surface area contributed by atoms with E-state index in [0.717, 1.165) is 17.2 Å². The van der Waals surface area contributed by atoms with Crippen molar-refractivity contribution in [1.82, 2.24) is 9.88 Å². The first-order valence-electron chi connectivity index (χ1n) is 12.2. The second-order valence-corrected chi connectivity index (χ2v) is 13.2. The molecule has 3 heterocycles. The van der Waals surface area contributed by atoms with Gasteiger partial charge in [-0.2, -0.15) is 0 Å². The normalized spacial score (nSPS) is 14.2. The number of aromatic nitrogens is 1. The van der Waals surface area contributed by atoms with E-state index >= 15 is 0 Å². The molecular formula is C31H27N4OPtTe-3. The van der Waals surface area contributed by atoms with Crippen LogP contribution in [0, 0.1) is 18.8 Å². The summed E-state index contributed by atoms with van der Waals surface area (Å²) < 4.78 is 9.01. The van der Waals surface area contributed by atoms with E-state index < -0.39 is 20.9 Å². The van der Waals surface area contributed by atoms with Crippen LogP contribution in [0.25, 0.3) is 0 Å². The van der Waals surface area contributed by atoms with E-state index in [1.807, 2.05) is 66.4 Å². The molecule has 0 N–H and O–H groups in total. The van der Waals surface area contributed by atoms with E-state index in [0.29, 0.717) is 11.5 Å². The van der Waals surface area contributed by atoms with E-state index in [9.17, 15) is 0 Å². The summed E-state index contributed by atoms with van der Waals surface area (Å²) in [5, 5.41) is 0. The van der Waals surface area contributed by atoms with Crippen molar-refractivity contribution < 1.29 is 25.8 Å². The predicted molar refractivity (Wildman–Crippen MR) is 151 cm³/mol. The molecule has 0 atom stereocenters. The molecule has 0 unspecified atom stereocenters. The summed E-state index contributed by atoms with van der Waals surface area (Å²) in [5.74, 6) is 2.21. The third kappa shape index (κ3) is 5.36. The van der Waals surface area contributed by atoms with Crippen LogP contribution in [0.4, 0.5) is 22.9 Å². The molecule has 38 heavy (non-hydrogen) atoms. The molecule has 0 saturated carbocycles. The minimum Gasteiger partial charge on any atom is 0 e. The average Bonchev–Trinajstić information content (AvgIpc) is 3.33. The Balaban J connectivity index is 0.00000294. The van der Waals surface area contributed by atoms with Crippen LogP contribution in [0.2, 0.25) is 0 Å². The van der Waals surface area contributed by atoms with E-state index in [-0.39, 0.29) is 26.5 Å². The first kappa shape index (κ1) is 26.8. The Morgan fingerprint density at radius 3 is 2.50 bits per heavy atom. The summed E-state index contributed by atoms with van der Waals surface area (Å²) in [5.41, 5.74) is 4.39. The molecule has 0 saturated heterocycles. The number of hydrogen-bond donors (Lipinski definition) is 0. The first-order chi connectivity index (χ1) is 17.8. The first-order valence-corrected chi connectivity index (χ1v) is 14.5. The molecule has 3 aromatic carbocycles. The number of fused-ring (bicyclic) bond motifs is 2. The van der Waals surface area contributed by atoms with Crippen LogP contribution >= 0.6 is 0 Å². The molecule has 2 aliphatic heterocycles. The third-order valence-corrected chi connectivity index (χ3v) is 9.45. The number of para-hydroxylation sites is 1. The summed E-state index contributed by atoms with van der Waals surface area (Å²) in [7, 11) is 2.00. The minimum absolute atomic E-state index is 0. The van der Waals surface area contributed by atoms with Gasteiger partial charge in [0.25, 0.3) is 0 Å². The summed E-state index contributed by atoms with van der Waals surface area (Å²) >= 11 is -0.568. The fraction of sp³-hybridized carbons (Fsp3) is 0.161. The van der Waals surface area contributed by atoms with Crippen LogP contribution in [-0.4, -0.2) is 37.9 Å². The Morgan fingerprint density at radius 2 is 1.71 bits per heavy atom. The molecule has 0 bridgehead atoms. The van der Waals surface area contributed by atoms with Gasteiger partial charge in [-0.05, 0) is 0 Å². The van der Waals surface area contributed by atoms with Gasteiger partial charge in [-0.15, -0.1) is 0 Å². The maximum Gasteiger partial charge on any atom is 0 e. The Morgan fingerprint density at radius 1 is 0.895 bits per heavy atom. The fourth-order valence-electron chi connectivity index (χ4n) is 4.33. The van der Waals surface area contributed by atoms with Gasteiger partial charge >= 0.3 is 230 Å². The largest absolute Gasteiger partial charge is 0 e. The molecule has 0 spiro atoms. The van der Waals surface area contributed by atoms with Gasteiger partial charge in [0.05, 0.1) is 0 Å². The van der Waals surface area contributed by atoms with Crippen LogP contribution < -0.4 is 21.8 Å². The number of hydrogen-bond acceptors (Lipinski definition) is 5. The average molecular weight is 794 g/mol. The topological polar surface area (TPSA) is 31.8 Å². The molecule has 4 aromatic rings. The van der Waals surface area contributed by atoms with E-state index in [1.165, 1.54) is 18.5 Å². The Labute approximate surface area is 249 Å². The number of anilines is 4. The van der Waals surface area contributed by atoms with Crippen molar-refractivity contribution in [3.05, 3.63) is 110 Å². The smallest absolute Gasteiger partial charge is 0 e. The number of benzene rings is 3. The zero-order valence-corrected chi connectivity index (χ0v) is 26.2. The van der Waals surface area contributed by atoms with Gasteiger partial charge in [0.2, 0.25) is 0 Å². The van der Waals surface area contributed by atoms with E-state index in [4.69, 9.17) is 9.72 Å². The maximum atomic E-state index is 6.30. The van der Waals surface area contributed by atoms with Crippen molar-refractivity contribution in [1.29, 1.82) is 0 Å². The zero-order chi connectivity index (χ0) is 25.6. The Bertz CT molecular complexity index is 1500. The second kappa shape index (κ2) is 10.8. The molecule has 7 heteroatoms. The van der Waals surface area contributed by atoms with Gasteiger partial charge in [0.1, 0.15) is 0 Å². The summed E-state index contributed by atoms with van der Waals surface area (Å²) in [6, 6.07) is 30.0. The minimum atomic E-state index is -0.568. The quantitative estimate of drug-likeness (QED) is 0.176. The van der Waals surface area contributed by atoms with Crippen molar-refractivity contribution in [3.8, 4) is 11.5 Å². The molecule has 196 valence electrons. The fourth-order valence-corrected chi connectivity index (χ4v) is 7.25. The van der Waals surface area contributed by atoms with Gasteiger partial charge in [0, 0.05) is 21.1 Å². The molecule has 6 rings (SSSR count). The van der Waals surface area contributed by atoms with Crippen LogP contribution in [0.1, 0.15) is 26.3 Å². The summed E-state index contributed by atoms with van der Waals surface area (Å²) in [6.07, 6.45) is 5.90. The summed E-state index contributed by atoms with van der Waals surface area (Å²) in [6.45, 7) is 8.69. The van der Waals surface area contributed by atoms with E-state index in [1.54, 1.807) is 0 Å². The van der Waals surface area contributed by atoms with Crippen LogP contribution in [0.3, 0.4) is 0 Å². The number of rotatable bonds is 4. The van der Waals surface area contributed by atoms with Gasteiger partial charge < -0.3 is 0 Å². The van der Waals surface area contributed by atoms with E-state index in [2.05, 4.69) is 80.3 Å². The Kier molecular flexibility index (Phi) is 7.60. The van der Waals surface area contributed by atoms with Crippen molar-refractivity contribution in [2.45, 2.75) is 26.2 Å². The molecular weight excluding hydrogens is 767 g/mol. The van der Waals surface area contributed by atoms with Crippen LogP contribution in [0.5, 0.6) is 11.5 Å². The van der Waals surface area contributed by atoms with Crippen molar-refractivity contribution in [3.63, 3.8) is 0 Å². The SMILES string of the molecule is CN1C=CN(c2[c-]c(Oc3[c-]c4c(cc3)[Te]c3ccccc3N4c3cc(C(C)(C)C)ccn3)ccc2)[CH-]1.[Pt]. The molecule has 1 aromatic heterocycles. The molecule has 0 aliphatic carbocycles. The molecule has 5 nitrogen and oxygen atoms in total. The maximum absolute atomic E-state index is 6.30. The molecule has 0 fully saturated rings. The van der Waals surface area contributed by atoms with Gasteiger partial charge in [0.15, 0.2) is 0 Å². The van der Waals surface area contributed by atoms with Crippen LogP contribution in [0.15, 0.2) is 85.3 Å². The van der Waals surface area contributed by atoms with Crippen molar-refractivity contribution in [2.24, 2.45) is 0 Å². The van der Waals surface area contributed by atoms with Crippen molar-refractivity contribution in [2.75, 3.05) is 16.8 Å². The predicted octanol–water partition coefficient (Wildman–Crippen LogP) is 5.55. The molecule has 0 radical (unpaired) electrons. The summed E-state index contributed by atoms with van der Waals surface area (Å²) in [4.78, 5) is 11.1. The number of pyridine rings is 1. The third-order valence-electron chi connectivity index (χ3n) is 6.27. The molecule has 0 amide bonds. The Hall–Kier alpha value is -2.77. The second-order valence-electron chi connectivity index (χ2n) is 10.1. The standard InChI is InChI=1S/C31H27N4OTe.Pt/c1-31(2,3)22-14-15-32-30(18-22)35-26-10-5-6-11-28(26)37-29-13-12-25(20-27(29)35)36-24-9-7-8-23(19-24)34-17-16-33(4)21-34;/h5-18,21H,1-4H3;/q-3;. The number of nitrogens with zero attached hydrogens (tertiary/aromatic N) is 4. The van der Waals surface area contributed by atoms with Gasteiger partial charge in [-0.25, -0.2) is 0 Å². The zero-order valence-electron chi connectivity index (χ0n) is 21.6. The monoisotopic (exact) mass is 796 g/mol. The number of ether oxygens (including phenoxy) is 1. The van der Waals surface area contributed by atoms with Gasteiger partial charge in [-0.1, -0.05) is 0 Å². The van der Waals surface area contributed by atoms with Gasteiger partial charge in [-0.3, -0.25) is 0 Å². The van der Waals surface area contributed by atoms with Crippen LogP contribution in [-0.2, 0) is 26.5 Å².